The summed E-state index contributed by atoms with van der Waals surface area (Å²) in [6.07, 6.45) is 7.49. The van der Waals surface area contributed by atoms with Gasteiger partial charge < -0.3 is 10.6 Å². The van der Waals surface area contributed by atoms with Crippen molar-refractivity contribution in [2.75, 3.05) is 5.32 Å². The van der Waals surface area contributed by atoms with Crippen molar-refractivity contribution in [2.45, 2.75) is 46.2 Å². The molecule has 3 saturated carbocycles. The van der Waals surface area contributed by atoms with E-state index >= 15 is 0 Å². The Morgan fingerprint density at radius 3 is 2.69 bits per heavy atom. The molecule has 3 aliphatic carbocycles. The van der Waals surface area contributed by atoms with Gasteiger partial charge in [-0.3, -0.25) is 14.6 Å². The highest BCUT2D eigenvalue weighted by Gasteiger charge is 2.56. The van der Waals surface area contributed by atoms with Gasteiger partial charge in [-0.2, -0.15) is 9.78 Å². The van der Waals surface area contributed by atoms with E-state index in [4.69, 9.17) is 0 Å². The number of rotatable bonds is 6. The molecule has 1 aromatic carbocycles. The largest absolute Gasteiger partial charge is 0.380 e. The van der Waals surface area contributed by atoms with Crippen LogP contribution >= 0.6 is 15.9 Å². The first-order valence-electron chi connectivity index (χ1n) is 12.1. The average Bonchev–Trinajstić information content (AvgIpc) is 2.86. The number of carbonyl (C=O) groups is 1. The van der Waals surface area contributed by atoms with Gasteiger partial charge in [0.1, 0.15) is 4.47 Å². The quantitative estimate of drug-likeness (QED) is 0.473. The molecule has 35 heavy (non-hydrogen) atoms. The molecular weight excluding hydrogens is 506 g/mol. The summed E-state index contributed by atoms with van der Waals surface area (Å²) in [5, 5.41) is 10.9. The van der Waals surface area contributed by atoms with Crippen molar-refractivity contribution < 1.29 is 4.79 Å². The molecule has 0 spiro atoms. The third kappa shape index (κ3) is 4.40. The SMILES string of the molecule is C[C@H]1[C@H]2C[C@H](C[C@H]1Nc1cnn(-c3cccc(C(=O)NCc4ccncc4)c3)c(=O)c1Br)C2(C)C. The van der Waals surface area contributed by atoms with E-state index in [9.17, 15) is 9.59 Å². The smallest absolute Gasteiger partial charge is 0.287 e. The normalized spacial score (nSPS) is 24.3. The van der Waals surface area contributed by atoms with Crippen LogP contribution in [-0.2, 0) is 6.54 Å². The number of anilines is 1. The van der Waals surface area contributed by atoms with Crippen LogP contribution in [0.25, 0.3) is 5.69 Å². The second kappa shape index (κ2) is 9.22. The van der Waals surface area contributed by atoms with Crippen LogP contribution in [0.3, 0.4) is 0 Å². The molecule has 6 rings (SSSR count). The van der Waals surface area contributed by atoms with Crippen molar-refractivity contribution in [3.63, 3.8) is 0 Å². The molecule has 2 aromatic heterocycles. The predicted octanol–water partition coefficient (Wildman–Crippen LogP) is 4.80. The van der Waals surface area contributed by atoms with Crippen LogP contribution < -0.4 is 16.2 Å². The van der Waals surface area contributed by atoms with Gasteiger partial charge in [0, 0.05) is 30.5 Å². The van der Waals surface area contributed by atoms with E-state index in [1.54, 1.807) is 42.9 Å². The van der Waals surface area contributed by atoms with Crippen LogP contribution in [0.15, 0.2) is 64.3 Å². The molecule has 0 radical (unpaired) electrons. The summed E-state index contributed by atoms with van der Waals surface area (Å²) in [6.45, 7) is 7.47. The van der Waals surface area contributed by atoms with Gasteiger partial charge in [0.15, 0.2) is 0 Å². The molecule has 2 heterocycles. The zero-order chi connectivity index (χ0) is 24.7. The highest BCUT2D eigenvalue weighted by atomic mass is 79.9. The van der Waals surface area contributed by atoms with E-state index in [1.807, 2.05) is 12.1 Å². The van der Waals surface area contributed by atoms with Gasteiger partial charge in [0.05, 0.1) is 17.6 Å². The minimum Gasteiger partial charge on any atom is -0.380 e. The van der Waals surface area contributed by atoms with Gasteiger partial charge in [-0.05, 0) is 87.8 Å². The van der Waals surface area contributed by atoms with Crippen LogP contribution in [0, 0.1) is 23.2 Å². The summed E-state index contributed by atoms with van der Waals surface area (Å²) in [6, 6.07) is 11.0. The Labute approximate surface area is 213 Å². The third-order valence-corrected chi connectivity index (χ3v) is 8.94. The van der Waals surface area contributed by atoms with E-state index in [2.05, 4.69) is 57.4 Å². The van der Waals surface area contributed by atoms with Crippen molar-refractivity contribution in [2.24, 2.45) is 23.2 Å². The van der Waals surface area contributed by atoms with Crippen molar-refractivity contribution in [1.29, 1.82) is 0 Å². The van der Waals surface area contributed by atoms with Gasteiger partial charge in [0.25, 0.3) is 11.5 Å². The number of fused-ring (bicyclic) bond motifs is 2. The molecule has 0 unspecified atom stereocenters. The summed E-state index contributed by atoms with van der Waals surface area (Å²) in [5.74, 6) is 1.74. The van der Waals surface area contributed by atoms with E-state index in [-0.39, 0.29) is 11.5 Å². The number of amides is 1. The maximum atomic E-state index is 13.2. The topological polar surface area (TPSA) is 88.9 Å². The molecule has 8 heteroatoms. The highest BCUT2D eigenvalue weighted by Crippen LogP contribution is 2.61. The van der Waals surface area contributed by atoms with E-state index < -0.39 is 0 Å². The molecule has 2 N–H and O–H groups in total. The van der Waals surface area contributed by atoms with E-state index in [0.29, 0.717) is 51.2 Å². The van der Waals surface area contributed by atoms with Crippen molar-refractivity contribution in [3.05, 3.63) is 80.9 Å². The second-order valence-electron chi connectivity index (χ2n) is 10.4. The number of hydrogen-bond donors (Lipinski definition) is 2. The average molecular weight is 536 g/mol. The number of aromatic nitrogens is 3. The van der Waals surface area contributed by atoms with Gasteiger partial charge in [0.2, 0.25) is 0 Å². The lowest BCUT2D eigenvalue weighted by Gasteiger charge is -2.62. The number of nitrogens with zero attached hydrogens (tertiary/aromatic N) is 3. The summed E-state index contributed by atoms with van der Waals surface area (Å²) in [5.41, 5.74) is 2.81. The Balaban J connectivity index is 1.32. The number of halogens is 1. The zero-order valence-corrected chi connectivity index (χ0v) is 21.7. The fraction of sp³-hybridized carbons (Fsp3) is 0.407. The Hall–Kier alpha value is -3.00. The Kier molecular flexibility index (Phi) is 6.25. The number of hydrogen-bond acceptors (Lipinski definition) is 5. The maximum Gasteiger partial charge on any atom is 0.287 e. The number of nitrogens with one attached hydrogen (secondary N) is 2. The van der Waals surface area contributed by atoms with E-state index in [1.165, 1.54) is 11.1 Å². The molecule has 3 aliphatic rings. The van der Waals surface area contributed by atoms with Crippen LogP contribution in [-0.4, -0.2) is 26.7 Å². The summed E-state index contributed by atoms with van der Waals surface area (Å²) in [7, 11) is 0. The van der Waals surface area contributed by atoms with Crippen LogP contribution in [0.1, 0.15) is 49.5 Å². The Morgan fingerprint density at radius 2 is 1.97 bits per heavy atom. The molecule has 3 aromatic rings. The number of benzene rings is 1. The number of carbonyl (C=O) groups excluding carboxylic acids is 1. The Morgan fingerprint density at radius 1 is 1.20 bits per heavy atom. The first-order valence-corrected chi connectivity index (χ1v) is 12.9. The van der Waals surface area contributed by atoms with Crippen molar-refractivity contribution in [3.8, 4) is 5.69 Å². The van der Waals surface area contributed by atoms with Gasteiger partial charge in [-0.1, -0.05) is 26.8 Å². The second-order valence-corrected chi connectivity index (χ2v) is 11.2. The number of pyridine rings is 1. The molecule has 2 bridgehead atoms. The fourth-order valence-corrected chi connectivity index (χ4v) is 6.21. The molecule has 1 amide bonds. The first kappa shape index (κ1) is 23.7. The zero-order valence-electron chi connectivity index (χ0n) is 20.2. The molecule has 0 saturated heterocycles. The van der Waals surface area contributed by atoms with Crippen LogP contribution in [0.2, 0.25) is 0 Å². The van der Waals surface area contributed by atoms with E-state index in [0.717, 1.165) is 17.9 Å². The standard InChI is InChI=1S/C27H30BrN5O2/c1-16-21-12-19(27(21,2)3)13-22(16)32-23-15-31-33(26(35)24(23)28)20-6-4-5-18(11-20)25(34)30-14-17-7-9-29-10-8-17/h4-11,15-16,19,21-22,32H,12-14H2,1-3H3,(H,30,34)/t16-,19+,21+,22+/m0/s1. The molecular formula is C27H30BrN5O2. The lowest BCUT2D eigenvalue weighted by molar-refractivity contribution is -0.105. The minimum atomic E-state index is -0.265. The molecule has 0 aliphatic heterocycles. The van der Waals surface area contributed by atoms with Crippen molar-refractivity contribution in [1.82, 2.24) is 20.1 Å². The lowest BCUT2D eigenvalue weighted by Crippen LogP contribution is -2.58. The monoisotopic (exact) mass is 535 g/mol. The molecule has 7 nitrogen and oxygen atoms in total. The van der Waals surface area contributed by atoms with Crippen molar-refractivity contribution >= 4 is 27.5 Å². The predicted molar refractivity (Wildman–Crippen MR) is 140 cm³/mol. The van der Waals surface area contributed by atoms with Gasteiger partial charge in [-0.25, -0.2) is 0 Å². The fourth-order valence-electron chi connectivity index (χ4n) is 5.82. The molecule has 3 fully saturated rings. The van der Waals surface area contributed by atoms with Crippen LogP contribution in [0.5, 0.6) is 0 Å². The summed E-state index contributed by atoms with van der Waals surface area (Å²) < 4.78 is 1.77. The summed E-state index contributed by atoms with van der Waals surface area (Å²) >= 11 is 3.50. The molecule has 4 atom stereocenters. The first-order chi connectivity index (χ1) is 16.8. The van der Waals surface area contributed by atoms with Gasteiger partial charge in [-0.15, -0.1) is 0 Å². The Bertz CT molecular complexity index is 1310. The maximum absolute atomic E-state index is 13.2. The highest BCUT2D eigenvalue weighted by molar-refractivity contribution is 9.10. The third-order valence-electron chi connectivity index (χ3n) is 8.17. The summed E-state index contributed by atoms with van der Waals surface area (Å²) in [4.78, 5) is 29.9. The lowest BCUT2D eigenvalue weighted by atomic mass is 9.45. The molecule has 182 valence electrons. The van der Waals surface area contributed by atoms with Crippen LogP contribution in [0.4, 0.5) is 5.69 Å². The minimum absolute atomic E-state index is 0.221. The van der Waals surface area contributed by atoms with Gasteiger partial charge >= 0.3 is 0 Å².